The van der Waals surface area contributed by atoms with Crippen LogP contribution in [0, 0.1) is 0 Å². The highest BCUT2D eigenvalue weighted by Gasteiger charge is 2.23. The Morgan fingerprint density at radius 2 is 1.55 bits per heavy atom. The summed E-state index contributed by atoms with van der Waals surface area (Å²) in [5, 5.41) is 11.8. The van der Waals surface area contributed by atoms with Crippen LogP contribution < -0.4 is 26.0 Å². The fourth-order valence-corrected chi connectivity index (χ4v) is 3.07. The van der Waals surface area contributed by atoms with Crippen molar-refractivity contribution in [1.29, 1.82) is 0 Å². The molecule has 0 unspecified atom stereocenters. The topological polar surface area (TPSA) is 91.5 Å². The van der Waals surface area contributed by atoms with Gasteiger partial charge in [0.05, 0.1) is 18.4 Å². The van der Waals surface area contributed by atoms with E-state index in [1.165, 1.54) is 0 Å². The fourth-order valence-electron chi connectivity index (χ4n) is 3.07. The van der Waals surface area contributed by atoms with Gasteiger partial charge in [-0.05, 0) is 67.4 Å². The van der Waals surface area contributed by atoms with Gasteiger partial charge in [0.15, 0.2) is 0 Å². The Balaban J connectivity index is 1.44. The van der Waals surface area contributed by atoms with Gasteiger partial charge in [0.2, 0.25) is 0 Å². The molecule has 1 fully saturated rings. The molecule has 7 nitrogen and oxygen atoms in total. The molecule has 0 aliphatic heterocycles. The van der Waals surface area contributed by atoms with Crippen LogP contribution in [0.3, 0.4) is 0 Å². The number of hydrogen-bond acceptors (Lipinski definition) is 4. The van der Waals surface area contributed by atoms with Gasteiger partial charge in [0.1, 0.15) is 5.75 Å². The fraction of sp³-hybridized carbons (Fsp3) is 0.167. The molecule has 0 radical (unpaired) electrons. The molecule has 31 heavy (non-hydrogen) atoms. The van der Waals surface area contributed by atoms with Crippen molar-refractivity contribution < 1.29 is 14.3 Å². The number of anilines is 4. The van der Waals surface area contributed by atoms with Crippen LogP contribution in [-0.4, -0.2) is 25.1 Å². The van der Waals surface area contributed by atoms with Crippen molar-refractivity contribution in [3.63, 3.8) is 0 Å². The second-order valence-electron chi connectivity index (χ2n) is 7.31. The van der Waals surface area contributed by atoms with Crippen molar-refractivity contribution in [2.45, 2.75) is 18.9 Å². The number of amides is 3. The van der Waals surface area contributed by atoms with Crippen LogP contribution in [0.25, 0.3) is 0 Å². The third-order valence-electron chi connectivity index (χ3n) is 4.83. The average Bonchev–Trinajstić information content (AvgIpc) is 3.58. The molecule has 0 atom stereocenters. The highest BCUT2D eigenvalue weighted by molar-refractivity contribution is 6.08. The highest BCUT2D eigenvalue weighted by Crippen LogP contribution is 2.24. The zero-order valence-electron chi connectivity index (χ0n) is 17.1. The number of nitrogens with one attached hydrogen (secondary N) is 4. The molecule has 3 aromatic carbocycles. The second kappa shape index (κ2) is 9.21. The zero-order chi connectivity index (χ0) is 21.6. The smallest absolute Gasteiger partial charge is 0.319 e. The van der Waals surface area contributed by atoms with E-state index in [-0.39, 0.29) is 18.0 Å². The number of methoxy groups -OCH3 is 1. The number of para-hydroxylation sites is 1. The summed E-state index contributed by atoms with van der Waals surface area (Å²) in [6, 6.07) is 21.9. The van der Waals surface area contributed by atoms with Crippen molar-refractivity contribution in [2.24, 2.45) is 0 Å². The summed E-state index contributed by atoms with van der Waals surface area (Å²) in [6.45, 7) is 0. The van der Waals surface area contributed by atoms with Crippen molar-refractivity contribution in [3.05, 3.63) is 78.4 Å². The minimum atomic E-state index is -0.254. The number of carbonyl (C=O) groups excluding carboxylic acids is 2. The lowest BCUT2D eigenvalue weighted by atomic mass is 10.1. The Bertz CT molecular complexity index is 1080. The average molecular weight is 416 g/mol. The molecule has 4 rings (SSSR count). The maximum atomic E-state index is 12.9. The minimum absolute atomic E-state index is 0.236. The largest absolute Gasteiger partial charge is 0.497 e. The van der Waals surface area contributed by atoms with E-state index in [4.69, 9.17) is 4.74 Å². The van der Waals surface area contributed by atoms with E-state index in [0.717, 1.165) is 24.3 Å². The first-order chi connectivity index (χ1) is 15.1. The summed E-state index contributed by atoms with van der Waals surface area (Å²) in [5.41, 5.74) is 3.23. The standard InChI is InChI=1S/C24H24N4O3/c1-31-20-13-11-16(12-14-20)25-22-8-3-2-7-21(22)23(29)26-18-5-4-6-19(15-18)28-24(30)27-17-9-10-17/h2-8,11-15,17,25H,9-10H2,1H3,(H,26,29)(H2,27,28,30). The van der Waals surface area contributed by atoms with E-state index in [9.17, 15) is 9.59 Å². The predicted octanol–water partition coefficient (Wildman–Crippen LogP) is 4.98. The quantitative estimate of drug-likeness (QED) is 0.437. The summed E-state index contributed by atoms with van der Waals surface area (Å²) in [6.07, 6.45) is 2.04. The number of ether oxygens (including phenoxy) is 1. The Morgan fingerprint density at radius 3 is 2.26 bits per heavy atom. The molecule has 158 valence electrons. The van der Waals surface area contributed by atoms with E-state index in [0.29, 0.717) is 22.6 Å². The molecule has 1 aliphatic rings. The lowest BCUT2D eigenvalue weighted by Crippen LogP contribution is -2.30. The Morgan fingerprint density at radius 1 is 0.839 bits per heavy atom. The van der Waals surface area contributed by atoms with Crippen molar-refractivity contribution in [1.82, 2.24) is 5.32 Å². The normalized spacial score (nSPS) is 12.5. The molecule has 4 N–H and O–H groups in total. The number of carbonyl (C=O) groups is 2. The minimum Gasteiger partial charge on any atom is -0.497 e. The van der Waals surface area contributed by atoms with Gasteiger partial charge in [0.25, 0.3) is 5.91 Å². The van der Waals surface area contributed by atoms with E-state index in [1.807, 2.05) is 42.5 Å². The molecule has 0 spiro atoms. The summed E-state index contributed by atoms with van der Waals surface area (Å²) < 4.78 is 5.18. The molecule has 1 saturated carbocycles. The van der Waals surface area contributed by atoms with Gasteiger partial charge in [-0.1, -0.05) is 18.2 Å². The summed E-state index contributed by atoms with van der Waals surface area (Å²) in [4.78, 5) is 24.9. The maximum absolute atomic E-state index is 12.9. The molecule has 3 amide bonds. The number of benzene rings is 3. The number of rotatable bonds is 7. The summed E-state index contributed by atoms with van der Waals surface area (Å²) in [5.74, 6) is 0.507. The van der Waals surface area contributed by atoms with Gasteiger partial charge in [-0.2, -0.15) is 0 Å². The molecular formula is C24H24N4O3. The third kappa shape index (κ3) is 5.54. The molecule has 0 heterocycles. The van der Waals surface area contributed by atoms with Crippen LogP contribution >= 0.6 is 0 Å². The van der Waals surface area contributed by atoms with Crippen LogP contribution in [0.5, 0.6) is 5.75 Å². The van der Waals surface area contributed by atoms with E-state index < -0.39 is 0 Å². The van der Waals surface area contributed by atoms with Gasteiger partial charge < -0.3 is 26.0 Å². The van der Waals surface area contributed by atoms with E-state index in [2.05, 4.69) is 21.3 Å². The predicted molar refractivity (Wildman–Crippen MR) is 122 cm³/mol. The second-order valence-corrected chi connectivity index (χ2v) is 7.31. The SMILES string of the molecule is COc1ccc(Nc2ccccc2C(=O)Nc2cccc(NC(=O)NC3CC3)c2)cc1. The molecular weight excluding hydrogens is 392 g/mol. The molecule has 1 aliphatic carbocycles. The summed E-state index contributed by atoms with van der Waals surface area (Å²) >= 11 is 0. The molecule has 0 aromatic heterocycles. The van der Waals surface area contributed by atoms with Gasteiger partial charge >= 0.3 is 6.03 Å². The summed E-state index contributed by atoms with van der Waals surface area (Å²) in [7, 11) is 1.62. The first-order valence-electron chi connectivity index (χ1n) is 10.1. The zero-order valence-corrected chi connectivity index (χ0v) is 17.1. The van der Waals surface area contributed by atoms with Gasteiger partial charge in [-0.25, -0.2) is 4.79 Å². The van der Waals surface area contributed by atoms with Crippen LogP contribution in [0.1, 0.15) is 23.2 Å². The monoisotopic (exact) mass is 416 g/mol. The lowest BCUT2D eigenvalue weighted by Gasteiger charge is -2.13. The molecule has 7 heteroatoms. The van der Waals surface area contributed by atoms with Crippen LogP contribution in [0.2, 0.25) is 0 Å². The third-order valence-corrected chi connectivity index (χ3v) is 4.83. The highest BCUT2D eigenvalue weighted by atomic mass is 16.5. The van der Waals surface area contributed by atoms with E-state index >= 15 is 0 Å². The maximum Gasteiger partial charge on any atom is 0.319 e. The van der Waals surface area contributed by atoms with Crippen molar-refractivity contribution in [3.8, 4) is 5.75 Å². The Hall–Kier alpha value is -4.00. The number of urea groups is 1. The number of hydrogen-bond donors (Lipinski definition) is 4. The van der Waals surface area contributed by atoms with Crippen LogP contribution in [-0.2, 0) is 0 Å². The van der Waals surface area contributed by atoms with Gasteiger partial charge in [-0.15, -0.1) is 0 Å². The van der Waals surface area contributed by atoms with Gasteiger partial charge in [0, 0.05) is 23.1 Å². The van der Waals surface area contributed by atoms with E-state index in [1.54, 1.807) is 37.4 Å². The molecule has 0 bridgehead atoms. The van der Waals surface area contributed by atoms with Crippen molar-refractivity contribution in [2.75, 3.05) is 23.1 Å². The lowest BCUT2D eigenvalue weighted by molar-refractivity contribution is 0.102. The Labute approximate surface area is 180 Å². The Kier molecular flexibility index (Phi) is 6.03. The first kappa shape index (κ1) is 20.3. The molecule has 0 saturated heterocycles. The van der Waals surface area contributed by atoms with Crippen LogP contribution in [0.4, 0.5) is 27.5 Å². The van der Waals surface area contributed by atoms with Gasteiger partial charge in [-0.3, -0.25) is 4.79 Å². The molecule has 3 aromatic rings. The van der Waals surface area contributed by atoms with Crippen LogP contribution in [0.15, 0.2) is 72.8 Å². The first-order valence-corrected chi connectivity index (χ1v) is 10.1. The van der Waals surface area contributed by atoms with Crippen molar-refractivity contribution >= 4 is 34.7 Å².